The number of ether oxygens (including phenoxy) is 3. The van der Waals surface area contributed by atoms with E-state index in [1.54, 1.807) is 12.1 Å². The molecule has 7 heteroatoms. The molecule has 134 valence electrons. The van der Waals surface area contributed by atoms with Crippen molar-refractivity contribution in [3.8, 4) is 17.2 Å². The second kappa shape index (κ2) is 8.02. The van der Waals surface area contributed by atoms with Gasteiger partial charge in [-0.3, -0.25) is 0 Å². The van der Waals surface area contributed by atoms with E-state index in [9.17, 15) is 12.8 Å². The smallest absolute Gasteiger partial charge is 0.203 e. The van der Waals surface area contributed by atoms with Crippen LogP contribution in [0, 0.1) is 5.82 Å². The summed E-state index contributed by atoms with van der Waals surface area (Å²) in [4.78, 5) is 0. The summed E-state index contributed by atoms with van der Waals surface area (Å²) in [6.07, 6.45) is 1.42. The summed E-state index contributed by atoms with van der Waals surface area (Å²) >= 11 is 0. The largest absolute Gasteiger partial charge is 0.493 e. The second-order valence-electron chi connectivity index (χ2n) is 5.15. The highest BCUT2D eigenvalue weighted by atomic mass is 32.2. The Morgan fingerprint density at radius 1 is 0.920 bits per heavy atom. The van der Waals surface area contributed by atoms with Crippen molar-refractivity contribution >= 4 is 15.9 Å². The third-order valence-corrected chi connectivity index (χ3v) is 4.74. The van der Waals surface area contributed by atoms with Crippen LogP contribution in [0.3, 0.4) is 0 Å². The van der Waals surface area contributed by atoms with Gasteiger partial charge in [-0.25, -0.2) is 12.8 Å². The van der Waals surface area contributed by atoms with Gasteiger partial charge in [0.25, 0.3) is 0 Å². The lowest BCUT2D eigenvalue weighted by Crippen LogP contribution is -2.04. The van der Waals surface area contributed by atoms with Crippen LogP contribution in [0.25, 0.3) is 6.08 Å². The van der Waals surface area contributed by atoms with E-state index in [0.717, 1.165) is 5.41 Å². The molecule has 0 fully saturated rings. The predicted molar refractivity (Wildman–Crippen MR) is 94.2 cm³/mol. The number of hydrogen-bond donors (Lipinski definition) is 0. The Hall–Kier alpha value is -2.54. The fourth-order valence-electron chi connectivity index (χ4n) is 2.30. The molecular formula is C18H19FO5S. The Bertz CT molecular complexity index is 858. The van der Waals surface area contributed by atoms with Crippen molar-refractivity contribution in [3.63, 3.8) is 0 Å². The van der Waals surface area contributed by atoms with Gasteiger partial charge >= 0.3 is 0 Å². The monoisotopic (exact) mass is 366 g/mol. The Labute approximate surface area is 146 Å². The molecule has 0 N–H and O–H groups in total. The standard InChI is InChI=1S/C18H19FO5S/c1-22-16-9-6-14(17(23-2)18(16)24-3)12-25(20,21)11-10-13-4-7-15(19)8-5-13/h4-11H,12H2,1-3H3. The second-order valence-corrected chi connectivity index (χ2v) is 7.04. The van der Waals surface area contributed by atoms with E-state index < -0.39 is 9.84 Å². The molecule has 0 aliphatic carbocycles. The first-order chi connectivity index (χ1) is 11.9. The molecule has 0 aromatic heterocycles. The number of benzene rings is 2. The van der Waals surface area contributed by atoms with E-state index in [1.165, 1.54) is 51.7 Å². The van der Waals surface area contributed by atoms with Gasteiger partial charge in [-0.05, 0) is 29.8 Å². The molecule has 2 aromatic rings. The van der Waals surface area contributed by atoms with Crippen molar-refractivity contribution in [1.82, 2.24) is 0 Å². The molecule has 0 saturated heterocycles. The summed E-state index contributed by atoms with van der Waals surface area (Å²) in [6, 6.07) is 8.77. The van der Waals surface area contributed by atoms with Gasteiger partial charge in [-0.1, -0.05) is 18.2 Å². The van der Waals surface area contributed by atoms with E-state index in [1.807, 2.05) is 0 Å². The highest BCUT2D eigenvalue weighted by molar-refractivity contribution is 7.93. The molecule has 25 heavy (non-hydrogen) atoms. The van der Waals surface area contributed by atoms with Crippen molar-refractivity contribution in [2.24, 2.45) is 0 Å². The molecule has 0 saturated carbocycles. The van der Waals surface area contributed by atoms with Crippen LogP contribution in [0.15, 0.2) is 41.8 Å². The SMILES string of the molecule is COc1ccc(CS(=O)(=O)C=Cc2ccc(F)cc2)c(OC)c1OC. The first-order valence-corrected chi connectivity index (χ1v) is 9.06. The van der Waals surface area contributed by atoms with Crippen molar-refractivity contribution in [3.05, 3.63) is 58.8 Å². The van der Waals surface area contributed by atoms with Gasteiger partial charge in [0, 0.05) is 11.0 Å². The molecule has 0 unspecified atom stereocenters. The van der Waals surface area contributed by atoms with Crippen molar-refractivity contribution in [1.29, 1.82) is 0 Å². The molecule has 5 nitrogen and oxygen atoms in total. The van der Waals surface area contributed by atoms with Crippen LogP contribution in [0.2, 0.25) is 0 Å². The van der Waals surface area contributed by atoms with Crippen LogP contribution in [-0.4, -0.2) is 29.7 Å². The first kappa shape index (κ1) is 18.8. The average molecular weight is 366 g/mol. The van der Waals surface area contributed by atoms with E-state index >= 15 is 0 Å². The summed E-state index contributed by atoms with van der Waals surface area (Å²) in [5.74, 6) is 0.437. The maximum atomic E-state index is 12.9. The van der Waals surface area contributed by atoms with E-state index in [-0.39, 0.29) is 11.6 Å². The molecule has 0 bridgehead atoms. The van der Waals surface area contributed by atoms with Crippen molar-refractivity contribution in [2.45, 2.75) is 5.75 Å². The molecule has 2 aromatic carbocycles. The van der Waals surface area contributed by atoms with Gasteiger partial charge in [0.05, 0.1) is 27.1 Å². The zero-order valence-electron chi connectivity index (χ0n) is 14.2. The lowest BCUT2D eigenvalue weighted by Gasteiger charge is -2.15. The number of halogens is 1. The zero-order chi connectivity index (χ0) is 18.4. The molecule has 0 atom stereocenters. The third kappa shape index (κ3) is 4.73. The average Bonchev–Trinajstić information content (AvgIpc) is 2.60. The Kier molecular flexibility index (Phi) is 6.03. The van der Waals surface area contributed by atoms with Gasteiger partial charge in [0.15, 0.2) is 21.3 Å². The van der Waals surface area contributed by atoms with Crippen LogP contribution in [0.1, 0.15) is 11.1 Å². The van der Waals surface area contributed by atoms with Gasteiger partial charge in [-0.15, -0.1) is 0 Å². The molecule has 2 rings (SSSR count). The molecule has 0 aliphatic heterocycles. The topological polar surface area (TPSA) is 61.8 Å². The van der Waals surface area contributed by atoms with Crippen LogP contribution < -0.4 is 14.2 Å². The maximum Gasteiger partial charge on any atom is 0.203 e. The van der Waals surface area contributed by atoms with Crippen LogP contribution in [0.4, 0.5) is 4.39 Å². The van der Waals surface area contributed by atoms with Gasteiger partial charge in [-0.2, -0.15) is 0 Å². The quantitative estimate of drug-likeness (QED) is 0.751. The lowest BCUT2D eigenvalue weighted by molar-refractivity contribution is 0.323. The molecule has 0 heterocycles. The molecule has 0 amide bonds. The maximum absolute atomic E-state index is 12.9. The van der Waals surface area contributed by atoms with Crippen LogP contribution >= 0.6 is 0 Å². The van der Waals surface area contributed by atoms with Crippen LogP contribution in [0.5, 0.6) is 17.2 Å². The number of rotatable bonds is 7. The number of hydrogen-bond acceptors (Lipinski definition) is 5. The minimum absolute atomic E-state index is 0.270. The third-order valence-electron chi connectivity index (χ3n) is 3.48. The van der Waals surface area contributed by atoms with Gasteiger partial charge in [0.2, 0.25) is 5.75 Å². The molecule has 0 spiro atoms. The minimum atomic E-state index is -3.57. The van der Waals surface area contributed by atoms with Gasteiger partial charge < -0.3 is 14.2 Å². The summed E-state index contributed by atoms with van der Waals surface area (Å²) in [5.41, 5.74) is 1.04. The molecule has 0 aliphatic rings. The summed E-state index contributed by atoms with van der Waals surface area (Å²) in [7, 11) is 0.798. The predicted octanol–water partition coefficient (Wildman–Crippen LogP) is 3.44. The van der Waals surface area contributed by atoms with Gasteiger partial charge in [0.1, 0.15) is 5.82 Å². The first-order valence-electron chi connectivity index (χ1n) is 7.34. The van der Waals surface area contributed by atoms with Crippen molar-refractivity contribution < 1.29 is 27.0 Å². The Morgan fingerprint density at radius 2 is 1.56 bits per heavy atom. The summed E-state index contributed by atoms with van der Waals surface area (Å²) in [6.45, 7) is 0. The van der Waals surface area contributed by atoms with E-state index in [4.69, 9.17) is 14.2 Å². The zero-order valence-corrected chi connectivity index (χ0v) is 15.0. The fourth-order valence-corrected chi connectivity index (χ4v) is 3.42. The molecule has 0 radical (unpaired) electrons. The Balaban J connectivity index is 2.29. The fraction of sp³-hybridized carbons (Fsp3) is 0.222. The lowest BCUT2D eigenvalue weighted by atomic mass is 10.2. The normalized spacial score (nSPS) is 11.5. The highest BCUT2D eigenvalue weighted by Crippen LogP contribution is 2.40. The number of sulfone groups is 1. The van der Waals surface area contributed by atoms with Crippen LogP contribution in [-0.2, 0) is 15.6 Å². The summed E-state index contributed by atoms with van der Waals surface area (Å²) < 4.78 is 53.4. The van der Waals surface area contributed by atoms with E-state index in [0.29, 0.717) is 28.4 Å². The Morgan fingerprint density at radius 3 is 2.12 bits per heavy atom. The molecular weight excluding hydrogens is 347 g/mol. The minimum Gasteiger partial charge on any atom is -0.493 e. The highest BCUT2D eigenvalue weighted by Gasteiger charge is 2.19. The number of methoxy groups -OCH3 is 3. The van der Waals surface area contributed by atoms with Crippen molar-refractivity contribution in [2.75, 3.05) is 21.3 Å². The summed E-state index contributed by atoms with van der Waals surface area (Å²) in [5, 5.41) is 1.09. The van der Waals surface area contributed by atoms with E-state index in [2.05, 4.69) is 0 Å².